The number of amides is 1. The quantitative estimate of drug-likeness (QED) is 0.368. The van der Waals surface area contributed by atoms with Gasteiger partial charge in [-0.15, -0.1) is 11.3 Å². The van der Waals surface area contributed by atoms with Crippen molar-refractivity contribution in [3.63, 3.8) is 0 Å². The summed E-state index contributed by atoms with van der Waals surface area (Å²) < 4.78 is 29.2. The van der Waals surface area contributed by atoms with Gasteiger partial charge in [0.15, 0.2) is 0 Å². The van der Waals surface area contributed by atoms with E-state index >= 15 is 0 Å². The molecule has 1 aromatic heterocycles. The average Bonchev–Trinajstić information content (AvgIpc) is 3.20. The van der Waals surface area contributed by atoms with E-state index in [1.807, 2.05) is 37.2 Å². The monoisotopic (exact) mass is 485 g/mol. The van der Waals surface area contributed by atoms with Crippen molar-refractivity contribution in [3.8, 4) is 0 Å². The van der Waals surface area contributed by atoms with E-state index in [2.05, 4.69) is 10.0 Å². The fourth-order valence-electron chi connectivity index (χ4n) is 3.41. The molecule has 4 rings (SSSR count). The standard InChI is InChI=1S/C23H20ClN3O3S2/c1-27(2)20-10-4-9-18-17(20)8-5-11-21(18)32(29,30)26-19-12-13-31-22(19)23(28)25-16-7-3-6-15(24)14-16/h3-14,26H,1-2H3,(H,25,28). The number of thiophene rings is 1. The van der Waals surface area contributed by atoms with Gasteiger partial charge in [-0.05, 0) is 41.8 Å². The van der Waals surface area contributed by atoms with Crippen LogP contribution in [-0.2, 0) is 10.0 Å². The molecule has 0 aliphatic heterocycles. The highest BCUT2D eigenvalue weighted by Gasteiger charge is 2.22. The van der Waals surface area contributed by atoms with Crippen LogP contribution in [0, 0.1) is 0 Å². The van der Waals surface area contributed by atoms with Crippen LogP contribution in [0.5, 0.6) is 0 Å². The van der Waals surface area contributed by atoms with Crippen LogP contribution in [0.1, 0.15) is 9.67 Å². The summed E-state index contributed by atoms with van der Waals surface area (Å²) in [5.74, 6) is -0.423. The molecule has 0 aliphatic carbocycles. The molecule has 0 atom stereocenters. The number of anilines is 3. The smallest absolute Gasteiger partial charge is 0.267 e. The lowest BCUT2D eigenvalue weighted by Gasteiger charge is -2.17. The molecule has 3 aromatic carbocycles. The second-order valence-electron chi connectivity index (χ2n) is 7.26. The Bertz CT molecular complexity index is 1420. The van der Waals surface area contributed by atoms with E-state index in [4.69, 9.17) is 11.6 Å². The third-order valence-corrected chi connectivity index (χ3v) is 7.40. The lowest BCUT2D eigenvalue weighted by Crippen LogP contribution is -2.17. The van der Waals surface area contributed by atoms with Crippen LogP contribution in [0.3, 0.4) is 0 Å². The Kier molecular flexibility index (Phi) is 6.10. The van der Waals surface area contributed by atoms with Crippen molar-refractivity contribution in [2.45, 2.75) is 4.90 Å². The number of fused-ring (bicyclic) bond motifs is 1. The van der Waals surface area contributed by atoms with Gasteiger partial charge in [-0.3, -0.25) is 9.52 Å². The first-order valence-electron chi connectivity index (χ1n) is 9.62. The van der Waals surface area contributed by atoms with E-state index in [0.29, 0.717) is 16.1 Å². The maximum absolute atomic E-state index is 13.3. The molecule has 164 valence electrons. The molecule has 0 spiro atoms. The van der Waals surface area contributed by atoms with E-state index in [1.54, 1.807) is 53.9 Å². The van der Waals surface area contributed by atoms with Gasteiger partial charge in [0.2, 0.25) is 0 Å². The van der Waals surface area contributed by atoms with Crippen LogP contribution in [0.2, 0.25) is 5.02 Å². The molecule has 0 bridgehead atoms. The molecule has 4 aromatic rings. The molecule has 0 fully saturated rings. The Morgan fingerprint density at radius 2 is 1.69 bits per heavy atom. The number of hydrogen-bond donors (Lipinski definition) is 2. The SMILES string of the molecule is CN(C)c1cccc2c(S(=O)(=O)Nc3ccsc3C(=O)Nc3cccc(Cl)c3)cccc12. The summed E-state index contributed by atoms with van der Waals surface area (Å²) in [6.45, 7) is 0. The van der Waals surface area contributed by atoms with Gasteiger partial charge < -0.3 is 10.2 Å². The van der Waals surface area contributed by atoms with Gasteiger partial charge in [0.05, 0.1) is 10.6 Å². The normalized spacial score (nSPS) is 11.3. The zero-order chi connectivity index (χ0) is 22.9. The zero-order valence-corrected chi connectivity index (χ0v) is 19.7. The first-order valence-corrected chi connectivity index (χ1v) is 12.4. The lowest BCUT2D eigenvalue weighted by atomic mass is 10.1. The molecular formula is C23H20ClN3O3S2. The third kappa shape index (κ3) is 4.43. The summed E-state index contributed by atoms with van der Waals surface area (Å²) in [6.07, 6.45) is 0. The van der Waals surface area contributed by atoms with Crippen molar-refractivity contribution in [2.24, 2.45) is 0 Å². The number of nitrogens with zero attached hydrogens (tertiary/aromatic N) is 1. The molecule has 0 radical (unpaired) electrons. The molecule has 6 nitrogen and oxygen atoms in total. The summed E-state index contributed by atoms with van der Waals surface area (Å²) in [5.41, 5.74) is 1.65. The van der Waals surface area contributed by atoms with Gasteiger partial charge in [0.1, 0.15) is 4.88 Å². The van der Waals surface area contributed by atoms with E-state index < -0.39 is 15.9 Å². The molecular weight excluding hydrogens is 466 g/mol. The van der Waals surface area contributed by atoms with Gasteiger partial charge in [0, 0.05) is 41.3 Å². The molecule has 0 aliphatic rings. The summed E-state index contributed by atoms with van der Waals surface area (Å²) in [6, 6.07) is 19.0. The van der Waals surface area contributed by atoms with E-state index in [9.17, 15) is 13.2 Å². The molecule has 32 heavy (non-hydrogen) atoms. The predicted molar refractivity (Wildman–Crippen MR) is 133 cm³/mol. The summed E-state index contributed by atoms with van der Waals surface area (Å²) in [7, 11) is -0.137. The fraction of sp³-hybridized carbons (Fsp3) is 0.0870. The maximum atomic E-state index is 13.3. The van der Waals surface area contributed by atoms with Crippen LogP contribution in [-0.4, -0.2) is 28.4 Å². The zero-order valence-electron chi connectivity index (χ0n) is 17.3. The largest absolute Gasteiger partial charge is 0.377 e. The highest BCUT2D eigenvalue weighted by atomic mass is 35.5. The highest BCUT2D eigenvalue weighted by molar-refractivity contribution is 7.93. The van der Waals surface area contributed by atoms with Gasteiger partial charge in [-0.25, -0.2) is 8.42 Å². The topological polar surface area (TPSA) is 78.5 Å². The minimum atomic E-state index is -3.95. The number of carbonyl (C=O) groups excluding carboxylic acids is 1. The molecule has 1 heterocycles. The minimum absolute atomic E-state index is 0.145. The van der Waals surface area contributed by atoms with E-state index in [1.165, 1.54) is 0 Å². The van der Waals surface area contributed by atoms with Crippen molar-refractivity contribution in [1.29, 1.82) is 0 Å². The maximum Gasteiger partial charge on any atom is 0.267 e. The predicted octanol–water partition coefficient (Wildman–Crippen LogP) is 5.67. The molecule has 0 saturated carbocycles. The Labute approximate surface area is 195 Å². The Hall–Kier alpha value is -3.07. The highest BCUT2D eigenvalue weighted by Crippen LogP contribution is 2.32. The number of carbonyl (C=O) groups is 1. The molecule has 1 amide bonds. The summed E-state index contributed by atoms with van der Waals surface area (Å²) >= 11 is 7.12. The number of hydrogen-bond acceptors (Lipinski definition) is 5. The second kappa shape index (κ2) is 8.82. The molecule has 0 unspecified atom stereocenters. The van der Waals surface area contributed by atoms with Gasteiger partial charge in [-0.1, -0.05) is 41.9 Å². The lowest BCUT2D eigenvalue weighted by molar-refractivity contribution is 0.103. The van der Waals surface area contributed by atoms with Crippen molar-refractivity contribution in [2.75, 3.05) is 29.0 Å². The number of sulfonamides is 1. The fourth-order valence-corrected chi connectivity index (χ4v) is 5.70. The molecule has 9 heteroatoms. The van der Waals surface area contributed by atoms with Crippen molar-refractivity contribution < 1.29 is 13.2 Å². The second-order valence-corrected chi connectivity index (χ2v) is 10.3. The average molecular weight is 486 g/mol. The number of rotatable bonds is 6. The van der Waals surface area contributed by atoms with Crippen LogP contribution < -0.4 is 14.9 Å². The van der Waals surface area contributed by atoms with Gasteiger partial charge in [0.25, 0.3) is 15.9 Å². The van der Waals surface area contributed by atoms with E-state index in [-0.39, 0.29) is 15.5 Å². The molecule has 2 N–H and O–H groups in total. The molecule has 0 saturated heterocycles. The first-order chi connectivity index (χ1) is 15.3. The number of benzene rings is 3. The number of halogens is 1. The van der Waals surface area contributed by atoms with Gasteiger partial charge >= 0.3 is 0 Å². The van der Waals surface area contributed by atoms with Crippen LogP contribution >= 0.6 is 22.9 Å². The van der Waals surface area contributed by atoms with Crippen molar-refractivity contribution in [3.05, 3.63) is 82.0 Å². The Balaban J connectivity index is 1.67. The van der Waals surface area contributed by atoms with Crippen molar-refractivity contribution >= 4 is 66.7 Å². The summed E-state index contributed by atoms with van der Waals surface area (Å²) in [5, 5.41) is 6.33. The third-order valence-electron chi connectivity index (χ3n) is 4.83. The van der Waals surface area contributed by atoms with Crippen molar-refractivity contribution in [1.82, 2.24) is 0 Å². The van der Waals surface area contributed by atoms with Crippen LogP contribution in [0.15, 0.2) is 77.0 Å². The summed E-state index contributed by atoms with van der Waals surface area (Å²) in [4.78, 5) is 15.1. The Morgan fingerprint density at radius 1 is 0.969 bits per heavy atom. The minimum Gasteiger partial charge on any atom is -0.377 e. The Morgan fingerprint density at radius 3 is 2.44 bits per heavy atom. The van der Waals surface area contributed by atoms with Gasteiger partial charge in [-0.2, -0.15) is 0 Å². The van der Waals surface area contributed by atoms with E-state index in [0.717, 1.165) is 22.4 Å². The van der Waals surface area contributed by atoms with Crippen LogP contribution in [0.4, 0.5) is 17.1 Å². The van der Waals surface area contributed by atoms with Crippen LogP contribution in [0.25, 0.3) is 10.8 Å². The first kappa shape index (κ1) is 22.1. The number of nitrogens with one attached hydrogen (secondary N) is 2.